The number of rotatable bonds is 15. The van der Waals surface area contributed by atoms with Crippen LogP contribution in [0.3, 0.4) is 0 Å². The number of hydrogen-bond acceptors (Lipinski definition) is 2. The molecule has 0 rings (SSSR count). The second-order valence-corrected chi connectivity index (χ2v) is 5.91. The molecule has 0 radical (unpaired) electrons. The minimum Gasteiger partial charge on any atom is -0.393 e. The van der Waals surface area contributed by atoms with E-state index in [1.165, 1.54) is 70.6 Å². The van der Waals surface area contributed by atoms with Crippen LogP contribution in [0, 0.1) is 0 Å². The number of unbranched alkanes of at least 4 members (excludes halogenated alkanes) is 9. The lowest BCUT2D eigenvalue weighted by molar-refractivity contribution is 0.163. The zero-order valence-electron chi connectivity index (χ0n) is 13.7. The molecule has 0 spiro atoms. The SMILES string of the molecule is CCCCCCC(O)CC=CCCCCCCCCN. The Labute approximate surface area is 126 Å². The van der Waals surface area contributed by atoms with Crippen LogP contribution in [0.4, 0.5) is 0 Å². The van der Waals surface area contributed by atoms with Crippen LogP contribution in [-0.4, -0.2) is 17.8 Å². The highest BCUT2D eigenvalue weighted by molar-refractivity contribution is 4.83. The molecule has 0 aromatic carbocycles. The highest BCUT2D eigenvalue weighted by Gasteiger charge is 2.00. The van der Waals surface area contributed by atoms with Gasteiger partial charge < -0.3 is 10.8 Å². The second-order valence-electron chi connectivity index (χ2n) is 5.91. The monoisotopic (exact) mass is 283 g/mol. The Morgan fingerprint density at radius 2 is 1.50 bits per heavy atom. The van der Waals surface area contributed by atoms with Crippen LogP contribution in [0.1, 0.15) is 90.4 Å². The number of nitrogens with two attached hydrogens (primary N) is 1. The van der Waals surface area contributed by atoms with Crippen molar-refractivity contribution in [1.82, 2.24) is 0 Å². The van der Waals surface area contributed by atoms with E-state index in [1.807, 2.05) is 0 Å². The van der Waals surface area contributed by atoms with Gasteiger partial charge >= 0.3 is 0 Å². The molecule has 0 fully saturated rings. The molecule has 20 heavy (non-hydrogen) atoms. The smallest absolute Gasteiger partial charge is 0.0574 e. The van der Waals surface area contributed by atoms with E-state index in [0.29, 0.717) is 0 Å². The summed E-state index contributed by atoms with van der Waals surface area (Å²) in [4.78, 5) is 0. The van der Waals surface area contributed by atoms with Crippen molar-refractivity contribution in [2.45, 2.75) is 96.5 Å². The fourth-order valence-electron chi connectivity index (χ4n) is 2.41. The number of aliphatic hydroxyl groups excluding tert-OH is 1. The predicted octanol–water partition coefficient (Wildman–Crippen LogP) is 4.95. The van der Waals surface area contributed by atoms with Crippen LogP contribution in [0.2, 0.25) is 0 Å². The normalized spacial score (nSPS) is 13.2. The topological polar surface area (TPSA) is 46.2 Å². The van der Waals surface area contributed by atoms with Crippen molar-refractivity contribution >= 4 is 0 Å². The minimum atomic E-state index is -0.126. The molecule has 3 N–H and O–H groups in total. The highest BCUT2D eigenvalue weighted by atomic mass is 16.3. The van der Waals surface area contributed by atoms with Gasteiger partial charge in [-0.25, -0.2) is 0 Å². The molecule has 0 bridgehead atoms. The van der Waals surface area contributed by atoms with E-state index in [9.17, 15) is 5.11 Å². The van der Waals surface area contributed by atoms with Crippen LogP contribution in [0.25, 0.3) is 0 Å². The molecular formula is C18H37NO. The lowest BCUT2D eigenvalue weighted by atomic mass is 10.1. The zero-order chi connectivity index (χ0) is 14.9. The Morgan fingerprint density at radius 1 is 0.850 bits per heavy atom. The van der Waals surface area contributed by atoms with Crippen LogP contribution < -0.4 is 5.73 Å². The molecule has 0 aromatic heterocycles. The summed E-state index contributed by atoms with van der Waals surface area (Å²) in [5, 5.41) is 9.81. The molecule has 1 atom stereocenters. The fourth-order valence-corrected chi connectivity index (χ4v) is 2.41. The molecule has 0 aliphatic carbocycles. The number of allylic oxidation sites excluding steroid dienone is 1. The summed E-state index contributed by atoms with van der Waals surface area (Å²) in [5.74, 6) is 0. The first-order valence-electron chi connectivity index (χ1n) is 8.84. The van der Waals surface area contributed by atoms with Gasteiger partial charge in [0.15, 0.2) is 0 Å². The van der Waals surface area contributed by atoms with Crippen molar-refractivity contribution in [2.75, 3.05) is 6.54 Å². The Balaban J connectivity index is 3.21. The van der Waals surface area contributed by atoms with E-state index in [4.69, 9.17) is 5.73 Å². The van der Waals surface area contributed by atoms with Crippen molar-refractivity contribution in [3.8, 4) is 0 Å². The summed E-state index contributed by atoms with van der Waals surface area (Å²) in [6.45, 7) is 3.06. The van der Waals surface area contributed by atoms with E-state index in [1.54, 1.807) is 0 Å². The molecule has 1 unspecified atom stereocenters. The lowest BCUT2D eigenvalue weighted by Gasteiger charge is -2.07. The maximum absolute atomic E-state index is 9.81. The van der Waals surface area contributed by atoms with Gasteiger partial charge in [-0.2, -0.15) is 0 Å². The van der Waals surface area contributed by atoms with E-state index in [-0.39, 0.29) is 6.10 Å². The summed E-state index contributed by atoms with van der Waals surface area (Å²) in [6.07, 6.45) is 20.0. The van der Waals surface area contributed by atoms with E-state index in [2.05, 4.69) is 19.1 Å². The Morgan fingerprint density at radius 3 is 2.20 bits per heavy atom. The molecule has 0 saturated heterocycles. The maximum atomic E-state index is 9.81. The lowest BCUT2D eigenvalue weighted by Crippen LogP contribution is -2.04. The Hall–Kier alpha value is -0.340. The van der Waals surface area contributed by atoms with Gasteiger partial charge in [-0.3, -0.25) is 0 Å². The summed E-state index contributed by atoms with van der Waals surface area (Å²) in [5.41, 5.74) is 5.46. The maximum Gasteiger partial charge on any atom is 0.0574 e. The molecule has 0 saturated carbocycles. The average molecular weight is 283 g/mol. The molecule has 0 aliphatic rings. The van der Waals surface area contributed by atoms with Crippen LogP contribution in [0.5, 0.6) is 0 Å². The van der Waals surface area contributed by atoms with Gasteiger partial charge in [-0.05, 0) is 38.6 Å². The Bertz CT molecular complexity index is 204. The van der Waals surface area contributed by atoms with Crippen molar-refractivity contribution in [3.05, 3.63) is 12.2 Å². The molecular weight excluding hydrogens is 246 g/mol. The van der Waals surface area contributed by atoms with Crippen LogP contribution >= 0.6 is 0 Å². The van der Waals surface area contributed by atoms with Gasteiger partial charge in [-0.1, -0.05) is 70.4 Å². The highest BCUT2D eigenvalue weighted by Crippen LogP contribution is 2.10. The van der Waals surface area contributed by atoms with Crippen LogP contribution in [0.15, 0.2) is 12.2 Å². The van der Waals surface area contributed by atoms with Crippen molar-refractivity contribution in [3.63, 3.8) is 0 Å². The molecule has 0 aromatic rings. The second kappa shape index (κ2) is 16.7. The standard InChI is InChI=1S/C18H37NO/c1-2-3-4-12-15-18(20)16-13-10-8-6-5-7-9-11-14-17-19/h10,13,18,20H,2-9,11-12,14-17,19H2,1H3. The van der Waals surface area contributed by atoms with Crippen molar-refractivity contribution in [2.24, 2.45) is 5.73 Å². The van der Waals surface area contributed by atoms with E-state index in [0.717, 1.165) is 19.4 Å². The molecule has 0 amide bonds. The van der Waals surface area contributed by atoms with Crippen molar-refractivity contribution in [1.29, 1.82) is 0 Å². The first kappa shape index (κ1) is 19.7. The first-order chi connectivity index (χ1) is 9.81. The van der Waals surface area contributed by atoms with Crippen molar-refractivity contribution < 1.29 is 5.11 Å². The third-order valence-corrected chi connectivity index (χ3v) is 3.79. The molecule has 120 valence electrons. The quantitative estimate of drug-likeness (QED) is 0.330. The third kappa shape index (κ3) is 15.7. The predicted molar refractivity (Wildman–Crippen MR) is 89.9 cm³/mol. The largest absolute Gasteiger partial charge is 0.393 e. The first-order valence-corrected chi connectivity index (χ1v) is 8.84. The minimum absolute atomic E-state index is 0.126. The van der Waals surface area contributed by atoms with E-state index < -0.39 is 0 Å². The Kier molecular flexibility index (Phi) is 16.4. The van der Waals surface area contributed by atoms with Gasteiger partial charge in [0.1, 0.15) is 0 Å². The average Bonchev–Trinajstić information content (AvgIpc) is 2.45. The van der Waals surface area contributed by atoms with Gasteiger partial charge in [0.05, 0.1) is 6.10 Å². The van der Waals surface area contributed by atoms with E-state index >= 15 is 0 Å². The van der Waals surface area contributed by atoms with Gasteiger partial charge in [-0.15, -0.1) is 0 Å². The summed E-state index contributed by atoms with van der Waals surface area (Å²) >= 11 is 0. The van der Waals surface area contributed by atoms with Gasteiger partial charge in [0.25, 0.3) is 0 Å². The summed E-state index contributed by atoms with van der Waals surface area (Å²) in [7, 11) is 0. The number of hydrogen-bond donors (Lipinski definition) is 2. The molecule has 2 nitrogen and oxygen atoms in total. The molecule has 0 heterocycles. The van der Waals surface area contributed by atoms with Gasteiger partial charge in [0, 0.05) is 0 Å². The summed E-state index contributed by atoms with van der Waals surface area (Å²) < 4.78 is 0. The fraction of sp³-hybridized carbons (Fsp3) is 0.889. The number of aliphatic hydroxyl groups is 1. The third-order valence-electron chi connectivity index (χ3n) is 3.79. The molecule has 2 heteroatoms. The van der Waals surface area contributed by atoms with Crippen LogP contribution in [-0.2, 0) is 0 Å². The summed E-state index contributed by atoms with van der Waals surface area (Å²) in [6, 6.07) is 0. The van der Waals surface area contributed by atoms with Gasteiger partial charge in [0.2, 0.25) is 0 Å². The molecule has 0 aliphatic heterocycles. The zero-order valence-corrected chi connectivity index (χ0v) is 13.7.